The Morgan fingerprint density at radius 2 is 1.97 bits per heavy atom. The molecular formula is C25H32F2O5. The second-order valence-electron chi connectivity index (χ2n) is 8.28. The van der Waals surface area contributed by atoms with Crippen LogP contribution in [0.15, 0.2) is 54.6 Å². The molecule has 0 amide bonds. The van der Waals surface area contributed by atoms with Crippen molar-refractivity contribution in [3.8, 4) is 5.75 Å². The summed E-state index contributed by atoms with van der Waals surface area (Å²) in [5.41, 5.74) is 0. The molecular weight excluding hydrogens is 418 g/mol. The number of ketones is 1. The maximum atomic E-state index is 14.2. The largest absolute Gasteiger partial charge is 0.487 e. The van der Waals surface area contributed by atoms with Crippen LogP contribution in [0.2, 0.25) is 0 Å². The van der Waals surface area contributed by atoms with Crippen LogP contribution >= 0.6 is 0 Å². The summed E-state index contributed by atoms with van der Waals surface area (Å²) in [7, 11) is 0. The third-order valence-electron chi connectivity index (χ3n) is 5.15. The van der Waals surface area contributed by atoms with Crippen molar-refractivity contribution >= 4 is 11.8 Å². The number of carbonyl (C=O) groups excluding carboxylic acids is 2. The second kappa shape index (κ2) is 12.5. The zero-order valence-corrected chi connectivity index (χ0v) is 18.6. The van der Waals surface area contributed by atoms with Gasteiger partial charge in [0.05, 0.1) is 12.2 Å². The van der Waals surface area contributed by atoms with E-state index in [9.17, 15) is 23.5 Å². The third kappa shape index (κ3) is 8.91. The number of carbonyl (C=O) groups is 2. The third-order valence-corrected chi connectivity index (χ3v) is 5.15. The number of para-hydroxylation sites is 1. The minimum Gasteiger partial charge on any atom is -0.487 e. The maximum Gasteiger partial charge on any atom is 0.306 e. The zero-order valence-electron chi connectivity index (χ0n) is 18.6. The van der Waals surface area contributed by atoms with Gasteiger partial charge in [0.15, 0.2) is 6.61 Å². The van der Waals surface area contributed by atoms with E-state index >= 15 is 0 Å². The number of esters is 1. The van der Waals surface area contributed by atoms with Gasteiger partial charge in [-0.3, -0.25) is 9.59 Å². The van der Waals surface area contributed by atoms with Gasteiger partial charge in [-0.15, -0.1) is 0 Å². The average Bonchev–Trinajstić information content (AvgIpc) is 3.00. The molecule has 7 heteroatoms. The van der Waals surface area contributed by atoms with Gasteiger partial charge in [0.1, 0.15) is 11.5 Å². The first kappa shape index (κ1) is 25.7. The van der Waals surface area contributed by atoms with E-state index in [4.69, 9.17) is 9.47 Å². The summed E-state index contributed by atoms with van der Waals surface area (Å²) in [6.07, 6.45) is 6.42. The number of aliphatic hydroxyl groups is 1. The van der Waals surface area contributed by atoms with Crippen molar-refractivity contribution in [1.29, 1.82) is 0 Å². The first-order valence-electron chi connectivity index (χ1n) is 11.0. The van der Waals surface area contributed by atoms with E-state index in [0.29, 0.717) is 31.4 Å². The van der Waals surface area contributed by atoms with Crippen LogP contribution in [0.3, 0.4) is 0 Å². The van der Waals surface area contributed by atoms with Gasteiger partial charge in [-0.05, 0) is 51.3 Å². The van der Waals surface area contributed by atoms with Crippen LogP contribution in [0.5, 0.6) is 5.75 Å². The van der Waals surface area contributed by atoms with Crippen LogP contribution in [0.25, 0.3) is 0 Å². The Hall–Kier alpha value is -2.54. The predicted octanol–water partition coefficient (Wildman–Crippen LogP) is 4.89. The number of halogens is 2. The number of hydrogen-bond acceptors (Lipinski definition) is 5. The summed E-state index contributed by atoms with van der Waals surface area (Å²) in [6, 6.07) is 8.33. The number of aliphatic hydroxyl groups excluding tert-OH is 1. The Labute approximate surface area is 188 Å². The Balaban J connectivity index is 1.84. The summed E-state index contributed by atoms with van der Waals surface area (Å²) >= 11 is 0. The molecule has 5 nitrogen and oxygen atoms in total. The lowest BCUT2D eigenvalue weighted by Crippen LogP contribution is -2.25. The Kier molecular flexibility index (Phi) is 10.0. The van der Waals surface area contributed by atoms with E-state index < -0.39 is 30.5 Å². The molecule has 1 N–H and O–H groups in total. The smallest absolute Gasteiger partial charge is 0.306 e. The van der Waals surface area contributed by atoms with Crippen molar-refractivity contribution in [3.05, 3.63) is 54.6 Å². The van der Waals surface area contributed by atoms with Gasteiger partial charge in [0.25, 0.3) is 5.92 Å². The molecule has 176 valence electrons. The zero-order chi connectivity index (χ0) is 23.6. The summed E-state index contributed by atoms with van der Waals surface area (Å²) in [5.74, 6) is -4.49. The number of benzene rings is 1. The molecule has 1 aromatic rings. The maximum absolute atomic E-state index is 14.2. The van der Waals surface area contributed by atoms with Crippen molar-refractivity contribution in [1.82, 2.24) is 0 Å². The van der Waals surface area contributed by atoms with Gasteiger partial charge in [0.2, 0.25) is 0 Å². The van der Waals surface area contributed by atoms with Crippen LogP contribution in [0.1, 0.15) is 46.0 Å². The SMILES string of the molecule is CC(C)OC(=O)CCCC=CCC1C(=O)CC(O)C1C=CC(F)(F)COc1ccccc1. The number of hydrogen-bond donors (Lipinski definition) is 1. The molecule has 1 aromatic carbocycles. The molecule has 1 aliphatic rings. The molecule has 3 atom stereocenters. The highest BCUT2D eigenvalue weighted by Crippen LogP contribution is 2.34. The van der Waals surface area contributed by atoms with Crippen LogP contribution in [0, 0.1) is 11.8 Å². The lowest BCUT2D eigenvalue weighted by molar-refractivity contribution is -0.147. The first-order chi connectivity index (χ1) is 15.2. The first-order valence-corrected chi connectivity index (χ1v) is 11.0. The van der Waals surface area contributed by atoms with Gasteiger partial charge in [-0.25, -0.2) is 0 Å². The van der Waals surface area contributed by atoms with Crippen molar-refractivity contribution in [2.24, 2.45) is 11.8 Å². The highest BCUT2D eigenvalue weighted by molar-refractivity contribution is 5.84. The number of allylic oxidation sites excluding steroid dienone is 2. The predicted molar refractivity (Wildman–Crippen MR) is 117 cm³/mol. The lowest BCUT2D eigenvalue weighted by atomic mass is 9.90. The van der Waals surface area contributed by atoms with Crippen molar-refractivity contribution in [3.63, 3.8) is 0 Å². The van der Waals surface area contributed by atoms with Crippen molar-refractivity contribution < 1.29 is 33.0 Å². The molecule has 0 bridgehead atoms. The second-order valence-corrected chi connectivity index (χ2v) is 8.28. The molecule has 1 aliphatic carbocycles. The van der Waals surface area contributed by atoms with Crippen LogP contribution in [-0.4, -0.2) is 41.6 Å². The number of unbranched alkanes of at least 4 members (excludes halogenated alkanes) is 1. The summed E-state index contributed by atoms with van der Waals surface area (Å²) in [6.45, 7) is 2.76. The Morgan fingerprint density at radius 1 is 1.25 bits per heavy atom. The van der Waals surface area contributed by atoms with E-state index in [1.54, 1.807) is 44.2 Å². The van der Waals surface area contributed by atoms with Crippen LogP contribution < -0.4 is 4.74 Å². The molecule has 0 radical (unpaired) electrons. The number of rotatable bonds is 12. The fraction of sp³-hybridized carbons (Fsp3) is 0.520. The molecule has 2 rings (SSSR count). The van der Waals surface area contributed by atoms with Crippen LogP contribution in [-0.2, 0) is 14.3 Å². The minimum absolute atomic E-state index is 0.0410. The Bertz CT molecular complexity index is 789. The molecule has 0 aromatic heterocycles. The molecule has 32 heavy (non-hydrogen) atoms. The highest BCUT2D eigenvalue weighted by Gasteiger charge is 2.40. The van der Waals surface area contributed by atoms with E-state index in [-0.39, 0.29) is 24.3 Å². The van der Waals surface area contributed by atoms with Gasteiger partial charge >= 0.3 is 5.97 Å². The fourth-order valence-corrected chi connectivity index (χ4v) is 3.57. The summed E-state index contributed by atoms with van der Waals surface area (Å²) in [4.78, 5) is 23.7. The van der Waals surface area contributed by atoms with Gasteiger partial charge < -0.3 is 14.6 Å². The molecule has 0 aliphatic heterocycles. The van der Waals surface area contributed by atoms with Crippen molar-refractivity contribution in [2.45, 2.75) is 64.1 Å². The van der Waals surface area contributed by atoms with Gasteiger partial charge in [0, 0.05) is 24.7 Å². The fourth-order valence-electron chi connectivity index (χ4n) is 3.57. The standard InChI is InChI=1S/C25H32F2O5/c1-18(2)32-24(30)13-9-4-3-8-12-20-21(23(29)16-22(20)28)14-15-25(26,27)17-31-19-10-6-5-7-11-19/h3,5-8,10-11,14-15,18,20-21,23,29H,4,9,12-13,16-17H2,1-2H3. The number of ether oxygens (including phenoxy) is 2. The van der Waals surface area contributed by atoms with Gasteiger partial charge in [-0.1, -0.05) is 36.4 Å². The van der Waals surface area contributed by atoms with E-state index in [1.165, 1.54) is 6.08 Å². The van der Waals surface area contributed by atoms with Crippen LogP contribution in [0.4, 0.5) is 8.78 Å². The topological polar surface area (TPSA) is 72.8 Å². The lowest BCUT2D eigenvalue weighted by Gasteiger charge is -2.18. The van der Waals surface area contributed by atoms with Gasteiger partial charge in [-0.2, -0.15) is 8.78 Å². The molecule has 0 heterocycles. The normalized spacial score (nSPS) is 21.7. The van der Waals surface area contributed by atoms with E-state index in [1.807, 2.05) is 12.2 Å². The average molecular weight is 451 g/mol. The summed E-state index contributed by atoms with van der Waals surface area (Å²) in [5, 5.41) is 10.2. The number of Topliss-reactive ketones (excluding diaryl/α,β-unsaturated/α-hetero) is 1. The van der Waals surface area contributed by atoms with E-state index in [0.717, 1.165) is 6.08 Å². The van der Waals surface area contributed by atoms with Crippen molar-refractivity contribution in [2.75, 3.05) is 6.61 Å². The summed E-state index contributed by atoms with van der Waals surface area (Å²) < 4.78 is 38.6. The van der Waals surface area contributed by atoms with E-state index in [2.05, 4.69) is 0 Å². The Morgan fingerprint density at radius 3 is 2.66 bits per heavy atom. The molecule has 0 saturated heterocycles. The molecule has 3 unspecified atom stereocenters. The molecule has 1 fully saturated rings. The molecule has 1 saturated carbocycles. The minimum atomic E-state index is -3.23. The highest BCUT2D eigenvalue weighted by atomic mass is 19.3. The number of alkyl halides is 2. The quantitative estimate of drug-likeness (QED) is 0.279. The molecule has 0 spiro atoms. The monoisotopic (exact) mass is 450 g/mol.